The van der Waals surface area contributed by atoms with E-state index in [2.05, 4.69) is 24.1 Å². The molecular formula is C18H35N3O2. The van der Waals surface area contributed by atoms with Gasteiger partial charge in [-0.25, -0.2) is 4.79 Å². The average molecular weight is 325 g/mol. The van der Waals surface area contributed by atoms with Crippen molar-refractivity contribution in [1.82, 2.24) is 15.1 Å². The summed E-state index contributed by atoms with van der Waals surface area (Å²) in [5.41, 5.74) is -0.413. The fraction of sp³-hybridized carbons (Fsp3) is 0.944. The summed E-state index contributed by atoms with van der Waals surface area (Å²) in [6.07, 6.45) is 4.57. The molecule has 0 spiro atoms. The van der Waals surface area contributed by atoms with Crippen molar-refractivity contribution >= 4 is 6.09 Å². The van der Waals surface area contributed by atoms with Crippen LogP contribution in [0.3, 0.4) is 0 Å². The van der Waals surface area contributed by atoms with E-state index in [1.807, 2.05) is 25.7 Å². The molecule has 2 saturated heterocycles. The van der Waals surface area contributed by atoms with Gasteiger partial charge in [0.1, 0.15) is 5.60 Å². The van der Waals surface area contributed by atoms with Crippen LogP contribution in [0.4, 0.5) is 4.79 Å². The zero-order valence-electron chi connectivity index (χ0n) is 15.6. The predicted octanol–water partition coefficient (Wildman–Crippen LogP) is 2.85. The van der Waals surface area contributed by atoms with Crippen LogP contribution in [0.25, 0.3) is 0 Å². The van der Waals surface area contributed by atoms with E-state index in [-0.39, 0.29) is 6.09 Å². The number of nitrogens with one attached hydrogen (secondary N) is 1. The van der Waals surface area contributed by atoms with Crippen molar-refractivity contribution in [3.05, 3.63) is 0 Å². The van der Waals surface area contributed by atoms with E-state index in [0.717, 1.165) is 19.5 Å². The minimum Gasteiger partial charge on any atom is -0.444 e. The number of carbonyl (C=O) groups is 1. The highest BCUT2D eigenvalue weighted by molar-refractivity contribution is 5.68. The van der Waals surface area contributed by atoms with Crippen LogP contribution in [0.1, 0.15) is 60.3 Å². The van der Waals surface area contributed by atoms with Crippen molar-refractivity contribution in [3.8, 4) is 0 Å². The third-order valence-corrected chi connectivity index (χ3v) is 4.80. The van der Waals surface area contributed by atoms with Crippen LogP contribution in [0.15, 0.2) is 0 Å². The van der Waals surface area contributed by atoms with Crippen LogP contribution in [-0.2, 0) is 4.74 Å². The Labute approximate surface area is 141 Å². The lowest BCUT2D eigenvalue weighted by Crippen LogP contribution is -2.42. The lowest BCUT2D eigenvalue weighted by molar-refractivity contribution is 0.0290. The number of rotatable bonds is 3. The van der Waals surface area contributed by atoms with Gasteiger partial charge in [0, 0.05) is 31.2 Å². The Bertz CT molecular complexity index is 392. The fourth-order valence-electron chi connectivity index (χ4n) is 3.52. The highest BCUT2D eigenvalue weighted by Gasteiger charge is 2.31. The largest absolute Gasteiger partial charge is 0.444 e. The van der Waals surface area contributed by atoms with E-state index in [0.29, 0.717) is 18.1 Å². The number of likely N-dealkylation sites (tertiary alicyclic amines) is 2. The summed E-state index contributed by atoms with van der Waals surface area (Å²) in [5.74, 6) is 0. The predicted molar refractivity (Wildman–Crippen MR) is 93.7 cm³/mol. The Morgan fingerprint density at radius 3 is 2.43 bits per heavy atom. The molecule has 0 saturated carbocycles. The van der Waals surface area contributed by atoms with Gasteiger partial charge in [-0.05, 0) is 73.4 Å². The molecule has 2 fully saturated rings. The third-order valence-electron chi connectivity index (χ3n) is 4.80. The van der Waals surface area contributed by atoms with Crippen LogP contribution < -0.4 is 5.32 Å². The van der Waals surface area contributed by atoms with Gasteiger partial charge >= 0.3 is 6.09 Å². The molecule has 0 aromatic heterocycles. The zero-order chi connectivity index (χ0) is 17.0. The first-order valence-corrected chi connectivity index (χ1v) is 9.22. The second-order valence-corrected chi connectivity index (χ2v) is 8.34. The summed E-state index contributed by atoms with van der Waals surface area (Å²) < 4.78 is 5.47. The van der Waals surface area contributed by atoms with Gasteiger partial charge in [0.05, 0.1) is 0 Å². The first kappa shape index (κ1) is 18.5. The molecule has 0 aliphatic carbocycles. The average Bonchev–Trinajstić information content (AvgIpc) is 2.75. The van der Waals surface area contributed by atoms with Crippen molar-refractivity contribution < 1.29 is 9.53 Å². The fourth-order valence-corrected chi connectivity index (χ4v) is 3.52. The van der Waals surface area contributed by atoms with Crippen LogP contribution in [-0.4, -0.2) is 65.8 Å². The topological polar surface area (TPSA) is 44.8 Å². The Kier molecular flexibility index (Phi) is 6.32. The van der Waals surface area contributed by atoms with Crippen molar-refractivity contribution in [2.75, 3.05) is 26.2 Å². The van der Waals surface area contributed by atoms with E-state index in [9.17, 15) is 4.79 Å². The Hall–Kier alpha value is -0.810. The number of hydrogen-bond acceptors (Lipinski definition) is 4. The van der Waals surface area contributed by atoms with E-state index >= 15 is 0 Å². The first-order valence-electron chi connectivity index (χ1n) is 9.22. The third kappa shape index (κ3) is 5.96. The van der Waals surface area contributed by atoms with Gasteiger partial charge in [0.15, 0.2) is 0 Å². The molecule has 0 radical (unpaired) electrons. The molecule has 2 unspecified atom stereocenters. The van der Waals surface area contributed by atoms with Gasteiger partial charge in [-0.15, -0.1) is 0 Å². The van der Waals surface area contributed by atoms with Crippen LogP contribution in [0.2, 0.25) is 0 Å². The molecule has 2 aliphatic heterocycles. The van der Waals surface area contributed by atoms with Crippen molar-refractivity contribution in [2.45, 2.75) is 84.0 Å². The smallest absolute Gasteiger partial charge is 0.410 e. The summed E-state index contributed by atoms with van der Waals surface area (Å²) in [6.45, 7) is 14.3. The van der Waals surface area contributed by atoms with Crippen LogP contribution in [0, 0.1) is 0 Å². The van der Waals surface area contributed by atoms with Crippen LogP contribution in [0.5, 0.6) is 0 Å². The maximum Gasteiger partial charge on any atom is 0.410 e. The quantitative estimate of drug-likeness (QED) is 0.866. The Morgan fingerprint density at radius 2 is 1.78 bits per heavy atom. The number of carbonyl (C=O) groups excluding carboxylic acids is 1. The van der Waals surface area contributed by atoms with Gasteiger partial charge in [0.2, 0.25) is 0 Å². The van der Waals surface area contributed by atoms with Gasteiger partial charge in [0.25, 0.3) is 0 Å². The maximum absolute atomic E-state index is 12.1. The minimum atomic E-state index is -0.413. The molecule has 0 bridgehead atoms. The molecule has 1 N–H and O–H groups in total. The summed E-state index contributed by atoms with van der Waals surface area (Å²) in [4.78, 5) is 16.6. The molecule has 2 atom stereocenters. The molecule has 23 heavy (non-hydrogen) atoms. The summed E-state index contributed by atoms with van der Waals surface area (Å²) >= 11 is 0. The van der Waals surface area contributed by atoms with E-state index < -0.39 is 5.60 Å². The summed E-state index contributed by atoms with van der Waals surface area (Å²) in [6, 6.07) is 1.64. The highest BCUT2D eigenvalue weighted by atomic mass is 16.6. The zero-order valence-corrected chi connectivity index (χ0v) is 15.6. The highest BCUT2D eigenvalue weighted by Crippen LogP contribution is 2.18. The molecule has 2 heterocycles. The van der Waals surface area contributed by atoms with Gasteiger partial charge in [-0.1, -0.05) is 0 Å². The molecule has 5 heteroatoms. The standard InChI is InChI=1S/C18H35N3O2/c1-14(2)20-10-6-7-15(8-11-20)19-16-9-12-21(13-16)17(22)23-18(3,4)5/h14-16,19H,6-13H2,1-5H3. The van der Waals surface area contributed by atoms with Gasteiger partial charge in [-0.2, -0.15) is 0 Å². The van der Waals surface area contributed by atoms with Gasteiger partial charge < -0.3 is 19.9 Å². The lowest BCUT2D eigenvalue weighted by atomic mass is 10.1. The Balaban J connectivity index is 1.76. The monoisotopic (exact) mass is 325 g/mol. The molecule has 2 rings (SSSR count). The van der Waals surface area contributed by atoms with Crippen molar-refractivity contribution in [3.63, 3.8) is 0 Å². The van der Waals surface area contributed by atoms with E-state index in [4.69, 9.17) is 4.74 Å². The first-order chi connectivity index (χ1) is 10.7. The van der Waals surface area contributed by atoms with E-state index in [1.54, 1.807) is 0 Å². The second kappa shape index (κ2) is 7.84. The molecule has 1 amide bonds. The van der Waals surface area contributed by atoms with Crippen molar-refractivity contribution in [1.29, 1.82) is 0 Å². The molecule has 0 aromatic carbocycles. The number of ether oxygens (including phenoxy) is 1. The lowest BCUT2D eigenvalue weighted by Gasteiger charge is -2.26. The number of hydrogen-bond donors (Lipinski definition) is 1. The van der Waals surface area contributed by atoms with Gasteiger partial charge in [-0.3, -0.25) is 0 Å². The molecular weight excluding hydrogens is 290 g/mol. The number of nitrogens with zero attached hydrogens (tertiary/aromatic N) is 2. The Morgan fingerprint density at radius 1 is 1.09 bits per heavy atom. The molecule has 134 valence electrons. The molecule has 2 aliphatic rings. The van der Waals surface area contributed by atoms with E-state index in [1.165, 1.54) is 32.4 Å². The summed E-state index contributed by atoms with van der Waals surface area (Å²) in [7, 11) is 0. The maximum atomic E-state index is 12.1. The number of amides is 1. The molecule has 5 nitrogen and oxygen atoms in total. The second-order valence-electron chi connectivity index (χ2n) is 8.34. The SMILES string of the molecule is CC(C)N1CCCC(NC2CCN(C(=O)OC(C)(C)C)C2)CC1. The van der Waals surface area contributed by atoms with Crippen molar-refractivity contribution in [2.24, 2.45) is 0 Å². The van der Waals surface area contributed by atoms with Crippen LogP contribution >= 0.6 is 0 Å². The minimum absolute atomic E-state index is 0.173. The summed E-state index contributed by atoms with van der Waals surface area (Å²) in [5, 5.41) is 3.79. The molecule has 0 aromatic rings. The normalized spacial score (nSPS) is 27.3.